The third-order valence-electron chi connectivity index (χ3n) is 19.1. The number of carbonyl (C=O) groups is 4. The number of rotatable bonds is 33. The Morgan fingerprint density at radius 2 is 1.09 bits per heavy atom. The number of hydrogen-bond donors (Lipinski definition) is 3. The number of fused-ring (bicyclic) bond motifs is 4. The van der Waals surface area contributed by atoms with Crippen molar-refractivity contribution in [3.63, 3.8) is 0 Å². The molecule has 8 aromatic carbocycles. The minimum absolute atomic E-state index is 0.103. The molecule has 3 unspecified atom stereocenters. The number of aromatic nitrogens is 5. The Balaban J connectivity index is 0.000000189. The molecule has 652 valence electrons. The topological polar surface area (TPSA) is 356 Å². The molecular formula is C90H88Cl3F3N8O16S4-2. The molecule has 3 atom stereocenters. The standard InChI is InChI=1S/C26H26ClF3N2O5S2.C23H26N2O2.C22H21ClN2O4.C19H17ClN2O5S2/c1-18(25(33)34)32(17-26(28,29)30)21-11-8-19(9-12-21)6-2-3-7-24-31(14-4-5-15-39(35,36)37)22-16-20(27)10-13-23(22)38-24;1-4-24-20-8-6-7-9-21(20)25(5-2)22(24)15-14-18-10-12-19(13-11-18)16-17(3)23(26)27;1-22(2,21(27)28)24-17-10-7-15(8-11-17)5-3-4-6-20-25(14-26)18-13-16(23)9-12-19(18)29-20;1-12(19(23)24)21-15-6-2-13(3-7-15)4-9-18-22(11-29(25,26)27)16-10-14(20)5-8-17(16)28-18/h2-3,6-13,16,18H,4-5,14-15,17H2,1H3,(H-,33,34,35,36,37);6-15,17H,4-5,16H2,1-3H3;3-13,26H,14H2,1-2H3,(H,27,28);2-10,12H,11H2,1H3,(H2,23,24,25,26,27)/p-2/b;15-14+;;. The highest BCUT2D eigenvalue weighted by atomic mass is 35.5. The van der Waals surface area contributed by atoms with Gasteiger partial charge in [0.15, 0.2) is 27.7 Å². The second-order valence-electron chi connectivity index (χ2n) is 28.9. The predicted molar refractivity (Wildman–Crippen MR) is 471 cm³/mol. The van der Waals surface area contributed by atoms with E-state index in [9.17, 15) is 83.8 Å². The lowest BCUT2D eigenvalue weighted by Crippen LogP contribution is -2.49. The van der Waals surface area contributed by atoms with Crippen molar-refractivity contribution in [2.24, 2.45) is 5.92 Å². The number of aliphatic hydroxyl groups is 1. The van der Waals surface area contributed by atoms with E-state index in [4.69, 9.17) is 39.2 Å². The van der Waals surface area contributed by atoms with Crippen LogP contribution in [0.3, 0.4) is 0 Å². The number of carboxylic acids is 4. The molecule has 0 aliphatic rings. The molecule has 24 nitrogen and oxygen atoms in total. The molecule has 4 aromatic heterocycles. The molecule has 34 heteroatoms. The lowest BCUT2D eigenvalue weighted by molar-refractivity contribution is -0.712. The second kappa shape index (κ2) is 43.8. The number of halogens is 6. The zero-order chi connectivity index (χ0) is 90.4. The smallest absolute Gasteiger partial charge is 0.405 e. The molecule has 0 bridgehead atoms. The van der Waals surface area contributed by atoms with E-state index in [1.165, 1.54) is 63.2 Å². The molecule has 0 radical (unpaired) electrons. The number of hydrogen-bond acceptors (Lipinski definition) is 21. The molecule has 0 spiro atoms. The first-order chi connectivity index (χ1) is 58.7. The molecule has 0 aliphatic heterocycles. The summed E-state index contributed by atoms with van der Waals surface area (Å²) in [6.45, 7) is 12.4. The van der Waals surface area contributed by atoms with Crippen molar-refractivity contribution in [2.45, 2.75) is 124 Å². The van der Waals surface area contributed by atoms with Crippen LogP contribution in [0.2, 0.25) is 15.1 Å². The summed E-state index contributed by atoms with van der Waals surface area (Å²) in [6.07, 6.45) is 18.8. The van der Waals surface area contributed by atoms with Crippen molar-refractivity contribution < 1.29 is 107 Å². The van der Waals surface area contributed by atoms with Gasteiger partial charge in [0.2, 0.25) is 22.5 Å². The summed E-state index contributed by atoms with van der Waals surface area (Å²) >= 11 is 21.0. The van der Waals surface area contributed by atoms with Crippen molar-refractivity contribution >= 4 is 210 Å². The first-order valence-corrected chi connectivity index (χ1v) is 44.6. The normalized spacial score (nSPS) is 12.9. The van der Waals surface area contributed by atoms with E-state index in [0.717, 1.165) is 67.1 Å². The largest absolute Gasteiger partial charge is 0.748 e. The van der Waals surface area contributed by atoms with Crippen LogP contribution in [0.4, 0.5) is 30.2 Å². The SMILES string of the molecule is CC(C(=O)[O-])N(CC(F)(F)F)c1ccc(/C=C/C=C/c2sc3ccc(Cl)cc3[n+]2CCCCS(=O)(=O)[O-])cc1.CC(C)(Nc1ccc(/C=C/C=C/c2oc3ccc(Cl)cc3[n+]2CO)cc1)C(=O)[O-].CC(Nc1ccc(/C=C/c2sc3ccc(Cl)cc3[n+]2CS(=O)(=O)[O-])cc1)C(=O)[O-].CCn1c(/C=C/c2ccc(CC(C)C(=O)[O-])cc2)[n+](CC)c2ccccc21. The maximum absolute atomic E-state index is 13.0. The van der Waals surface area contributed by atoms with Crippen LogP contribution in [0.15, 0.2) is 205 Å². The fourth-order valence-electron chi connectivity index (χ4n) is 12.8. The van der Waals surface area contributed by atoms with E-state index in [1.54, 1.807) is 159 Å². The van der Waals surface area contributed by atoms with Gasteiger partial charge in [-0.1, -0.05) is 174 Å². The molecule has 4 heterocycles. The Morgan fingerprint density at radius 1 is 0.573 bits per heavy atom. The molecule has 3 N–H and O–H groups in total. The summed E-state index contributed by atoms with van der Waals surface area (Å²) in [5.41, 5.74) is 10.1. The van der Waals surface area contributed by atoms with Crippen LogP contribution in [0.1, 0.15) is 111 Å². The van der Waals surface area contributed by atoms with Gasteiger partial charge in [-0.15, -0.1) is 4.57 Å². The number of nitrogens with one attached hydrogen (secondary N) is 2. The second-order valence-corrected chi connectivity index (χ2v) is 35.2. The Hall–Kier alpha value is -11.4. The summed E-state index contributed by atoms with van der Waals surface area (Å²) in [4.78, 5) is 44.7. The van der Waals surface area contributed by atoms with Crippen LogP contribution < -0.4 is 54.2 Å². The highest BCUT2D eigenvalue weighted by Gasteiger charge is 2.34. The Labute approximate surface area is 738 Å². The number of anilines is 3. The number of alkyl halides is 3. The lowest BCUT2D eigenvalue weighted by Gasteiger charge is -2.32. The van der Waals surface area contributed by atoms with Gasteiger partial charge in [-0.25, -0.2) is 26.0 Å². The number of aliphatic carboxylic acids is 4. The number of carboxylic acid groups (broad SMARTS) is 4. The third kappa shape index (κ3) is 28.1. The number of aliphatic hydroxyl groups excluding tert-OH is 1. The number of thiazole rings is 2. The number of para-hydroxylation sites is 2. The first kappa shape index (κ1) is 96.5. The summed E-state index contributed by atoms with van der Waals surface area (Å²) in [7, 11) is -8.77. The molecule has 0 amide bonds. The average Bonchev–Trinajstić information content (AvgIpc) is 1.68. The summed E-state index contributed by atoms with van der Waals surface area (Å²) < 4.78 is 123. The van der Waals surface area contributed by atoms with Crippen LogP contribution in [0, 0.1) is 5.92 Å². The van der Waals surface area contributed by atoms with Gasteiger partial charge in [-0.2, -0.15) is 22.3 Å². The number of imidazole rings is 1. The zero-order valence-electron chi connectivity index (χ0n) is 68.1. The van der Waals surface area contributed by atoms with Gasteiger partial charge in [0.25, 0.3) is 28.1 Å². The number of allylic oxidation sites excluding steroid dienone is 4. The fourth-order valence-corrected chi connectivity index (χ4v) is 16.6. The van der Waals surface area contributed by atoms with E-state index < -0.39 is 92.0 Å². The molecule has 0 fully saturated rings. The van der Waals surface area contributed by atoms with E-state index in [2.05, 4.69) is 70.0 Å². The number of oxazole rings is 1. The van der Waals surface area contributed by atoms with Gasteiger partial charge in [0, 0.05) is 86.7 Å². The van der Waals surface area contributed by atoms with Crippen LogP contribution in [-0.2, 0) is 78.1 Å². The molecule has 12 aromatic rings. The van der Waals surface area contributed by atoms with E-state index >= 15 is 0 Å². The zero-order valence-corrected chi connectivity index (χ0v) is 73.7. The van der Waals surface area contributed by atoms with Crippen LogP contribution in [0.5, 0.6) is 0 Å². The number of aryl methyl sites for hydroxylation is 3. The summed E-state index contributed by atoms with van der Waals surface area (Å²) in [6, 6.07) is 50.4. The number of nitrogens with zero attached hydrogens (tertiary/aromatic N) is 6. The molecule has 12 rings (SSSR count). The molecule has 0 saturated carbocycles. The van der Waals surface area contributed by atoms with E-state index in [1.807, 2.05) is 71.3 Å². The molecule has 0 aliphatic carbocycles. The minimum atomic E-state index is -4.59. The average molecular weight is 1830 g/mol. The van der Waals surface area contributed by atoms with Crippen molar-refractivity contribution in [1.29, 1.82) is 0 Å². The van der Waals surface area contributed by atoms with Crippen LogP contribution in [0.25, 0.3) is 91.2 Å². The number of unbranched alkanes of at least 4 members (excludes halogenated alkanes) is 1. The highest BCUT2D eigenvalue weighted by Crippen LogP contribution is 2.30. The number of carbonyl (C=O) groups excluding carboxylic acids is 4. The fraction of sp³-hybridized carbons (Fsp3) is 0.244. The van der Waals surface area contributed by atoms with Crippen molar-refractivity contribution in [3.05, 3.63) is 265 Å². The molecule has 0 saturated heterocycles. The summed E-state index contributed by atoms with van der Waals surface area (Å²) in [5.74, 6) is -4.90. The Kier molecular flexibility index (Phi) is 34.1. The van der Waals surface area contributed by atoms with Gasteiger partial charge in [-0.05, 0) is 185 Å². The monoisotopic (exact) mass is 1830 g/mol. The van der Waals surface area contributed by atoms with Gasteiger partial charge in [-0.3, -0.25) is 0 Å². The van der Waals surface area contributed by atoms with Crippen molar-refractivity contribution in [3.8, 4) is 0 Å². The third-order valence-corrected chi connectivity index (χ3v) is 23.5. The van der Waals surface area contributed by atoms with Crippen molar-refractivity contribution in [2.75, 3.05) is 27.8 Å². The molecular weight excluding hydrogens is 1740 g/mol. The Morgan fingerprint density at radius 3 is 1.62 bits per heavy atom. The molecule has 124 heavy (non-hydrogen) atoms. The summed E-state index contributed by atoms with van der Waals surface area (Å²) in [5, 5.41) is 62.3. The minimum Gasteiger partial charge on any atom is -0.748 e. The lowest BCUT2D eigenvalue weighted by atomic mass is 10.0. The maximum Gasteiger partial charge on any atom is 0.405 e. The quantitative estimate of drug-likeness (QED) is 0.0149. The van der Waals surface area contributed by atoms with Crippen LogP contribution >= 0.6 is 57.5 Å². The van der Waals surface area contributed by atoms with Gasteiger partial charge >= 0.3 is 12.1 Å². The number of benzene rings is 8. The van der Waals surface area contributed by atoms with E-state index in [0.29, 0.717) is 78.9 Å². The van der Waals surface area contributed by atoms with E-state index in [-0.39, 0.29) is 18.8 Å². The highest BCUT2D eigenvalue weighted by molar-refractivity contribution is 7.85. The van der Waals surface area contributed by atoms with Gasteiger partial charge in [0.05, 0.1) is 64.8 Å². The maximum atomic E-state index is 13.0. The predicted octanol–water partition coefficient (Wildman–Crippen LogP) is 12.5. The van der Waals surface area contributed by atoms with Gasteiger partial charge < -0.3 is 73.8 Å². The van der Waals surface area contributed by atoms with Crippen LogP contribution in [-0.4, -0.2) is 95.6 Å². The Bertz CT molecular complexity index is 6170. The van der Waals surface area contributed by atoms with Gasteiger partial charge in [0.1, 0.15) is 15.9 Å². The van der Waals surface area contributed by atoms with Crippen molar-refractivity contribution in [1.82, 2.24) is 4.57 Å². The first-order valence-electron chi connectivity index (χ1n) is 38.7.